The molecule has 1 aliphatic carbocycles. The molecular formula is C20H27NO. The highest BCUT2D eigenvalue weighted by molar-refractivity contribution is 6.04. The van der Waals surface area contributed by atoms with Gasteiger partial charge in [0.15, 0.2) is 0 Å². The van der Waals surface area contributed by atoms with Gasteiger partial charge in [0.05, 0.1) is 5.71 Å². The van der Waals surface area contributed by atoms with Crippen molar-refractivity contribution < 1.29 is 4.84 Å². The van der Waals surface area contributed by atoms with E-state index in [1.165, 1.54) is 40.7 Å². The van der Waals surface area contributed by atoms with E-state index in [0.29, 0.717) is 5.92 Å². The van der Waals surface area contributed by atoms with Crippen molar-refractivity contribution in [2.75, 3.05) is 0 Å². The van der Waals surface area contributed by atoms with Crippen molar-refractivity contribution >= 4 is 5.71 Å². The highest BCUT2D eigenvalue weighted by Gasteiger charge is 2.42. The average molecular weight is 297 g/mol. The normalized spacial score (nSPS) is 28.1. The van der Waals surface area contributed by atoms with E-state index < -0.39 is 0 Å². The molecule has 0 amide bonds. The van der Waals surface area contributed by atoms with E-state index in [-0.39, 0.29) is 5.60 Å². The predicted octanol–water partition coefficient (Wildman–Crippen LogP) is 5.24. The second-order valence-electron chi connectivity index (χ2n) is 7.41. The molecule has 0 saturated carbocycles. The fourth-order valence-corrected chi connectivity index (χ4v) is 4.06. The standard InChI is InChI=1S/C20H27NO/c1-13-6-8-17(9-7-13)20(5)12-18(21-22-20)19-15(3)10-14(2)11-16(19)4/h6,10-11,17H,7-9,12H2,1-5H3. The number of nitrogens with zero attached hydrogens (tertiary/aromatic N) is 1. The third-order valence-corrected chi connectivity index (χ3v) is 5.35. The molecule has 2 atom stereocenters. The van der Waals surface area contributed by atoms with Crippen molar-refractivity contribution in [3.8, 4) is 0 Å². The smallest absolute Gasteiger partial charge is 0.143 e. The maximum Gasteiger partial charge on any atom is 0.143 e. The maximum absolute atomic E-state index is 5.98. The molecule has 1 aromatic rings. The Kier molecular flexibility index (Phi) is 3.88. The van der Waals surface area contributed by atoms with Crippen LogP contribution in [0.3, 0.4) is 0 Å². The van der Waals surface area contributed by atoms with Crippen molar-refractivity contribution in [2.24, 2.45) is 11.1 Å². The first-order valence-electron chi connectivity index (χ1n) is 8.38. The summed E-state index contributed by atoms with van der Waals surface area (Å²) in [6.07, 6.45) is 6.84. The quantitative estimate of drug-likeness (QED) is 0.684. The van der Waals surface area contributed by atoms with E-state index >= 15 is 0 Å². The van der Waals surface area contributed by atoms with E-state index in [1.54, 1.807) is 0 Å². The van der Waals surface area contributed by atoms with Crippen LogP contribution in [0.1, 0.15) is 61.8 Å². The zero-order valence-corrected chi connectivity index (χ0v) is 14.5. The van der Waals surface area contributed by atoms with Gasteiger partial charge in [-0.15, -0.1) is 0 Å². The van der Waals surface area contributed by atoms with E-state index in [0.717, 1.165) is 18.6 Å². The Morgan fingerprint density at radius 2 is 1.82 bits per heavy atom. The number of oxime groups is 1. The molecule has 2 nitrogen and oxygen atoms in total. The summed E-state index contributed by atoms with van der Waals surface area (Å²) in [5.74, 6) is 0.573. The van der Waals surface area contributed by atoms with Gasteiger partial charge in [0.25, 0.3) is 0 Å². The number of hydrogen-bond acceptors (Lipinski definition) is 2. The second kappa shape index (κ2) is 5.57. The maximum atomic E-state index is 5.98. The van der Waals surface area contributed by atoms with Crippen LogP contribution in [0.4, 0.5) is 0 Å². The van der Waals surface area contributed by atoms with Crippen molar-refractivity contribution in [1.82, 2.24) is 0 Å². The van der Waals surface area contributed by atoms with Gasteiger partial charge in [-0.25, -0.2) is 0 Å². The van der Waals surface area contributed by atoms with Gasteiger partial charge in [-0.05, 0) is 65.0 Å². The van der Waals surface area contributed by atoms with E-state index in [1.807, 2.05) is 0 Å². The number of allylic oxidation sites excluding steroid dienone is 2. The Bertz CT molecular complexity index is 633. The number of rotatable bonds is 2. The number of aryl methyl sites for hydroxylation is 3. The molecule has 2 unspecified atom stereocenters. The van der Waals surface area contributed by atoms with Crippen LogP contribution < -0.4 is 0 Å². The van der Waals surface area contributed by atoms with E-state index in [4.69, 9.17) is 4.84 Å². The van der Waals surface area contributed by atoms with Gasteiger partial charge in [0.1, 0.15) is 5.60 Å². The van der Waals surface area contributed by atoms with Crippen LogP contribution in [0.5, 0.6) is 0 Å². The molecule has 22 heavy (non-hydrogen) atoms. The van der Waals surface area contributed by atoms with Crippen LogP contribution in [-0.2, 0) is 4.84 Å². The summed E-state index contributed by atoms with van der Waals surface area (Å²) >= 11 is 0. The lowest BCUT2D eigenvalue weighted by Gasteiger charge is -2.33. The Labute approximate surface area is 134 Å². The molecule has 0 radical (unpaired) electrons. The van der Waals surface area contributed by atoms with Crippen LogP contribution >= 0.6 is 0 Å². The molecule has 3 rings (SSSR count). The van der Waals surface area contributed by atoms with E-state index in [9.17, 15) is 0 Å². The summed E-state index contributed by atoms with van der Waals surface area (Å²) in [4.78, 5) is 5.98. The Hall–Kier alpha value is -1.57. The lowest BCUT2D eigenvalue weighted by atomic mass is 9.75. The van der Waals surface area contributed by atoms with E-state index in [2.05, 4.69) is 58.0 Å². The molecule has 0 N–H and O–H groups in total. The van der Waals surface area contributed by atoms with Crippen molar-refractivity contribution in [1.29, 1.82) is 0 Å². The minimum Gasteiger partial charge on any atom is -0.389 e. The summed E-state index contributed by atoms with van der Waals surface area (Å²) < 4.78 is 0. The van der Waals surface area contributed by atoms with Crippen LogP contribution in [0.2, 0.25) is 0 Å². The number of benzene rings is 1. The minimum absolute atomic E-state index is 0.143. The highest BCUT2D eigenvalue weighted by Crippen LogP contribution is 2.41. The average Bonchev–Trinajstić information content (AvgIpc) is 2.82. The van der Waals surface area contributed by atoms with Crippen LogP contribution in [0.25, 0.3) is 0 Å². The zero-order chi connectivity index (χ0) is 15.9. The lowest BCUT2D eigenvalue weighted by molar-refractivity contribution is -0.0523. The predicted molar refractivity (Wildman–Crippen MR) is 92.4 cm³/mol. The summed E-state index contributed by atoms with van der Waals surface area (Å²) in [5, 5.41) is 4.50. The zero-order valence-electron chi connectivity index (χ0n) is 14.5. The third-order valence-electron chi connectivity index (χ3n) is 5.35. The van der Waals surface area contributed by atoms with Gasteiger partial charge in [0.2, 0.25) is 0 Å². The highest BCUT2D eigenvalue weighted by atomic mass is 16.7. The largest absolute Gasteiger partial charge is 0.389 e. The Morgan fingerprint density at radius 3 is 2.41 bits per heavy atom. The van der Waals surface area contributed by atoms with Gasteiger partial charge < -0.3 is 4.84 Å². The van der Waals surface area contributed by atoms with Crippen molar-refractivity contribution in [3.63, 3.8) is 0 Å². The first-order valence-corrected chi connectivity index (χ1v) is 8.38. The lowest BCUT2D eigenvalue weighted by Crippen LogP contribution is -2.36. The Morgan fingerprint density at radius 1 is 1.14 bits per heavy atom. The van der Waals surface area contributed by atoms with Crippen molar-refractivity contribution in [2.45, 2.75) is 65.9 Å². The monoisotopic (exact) mass is 297 g/mol. The molecule has 0 spiro atoms. The summed E-state index contributed by atoms with van der Waals surface area (Å²) in [6.45, 7) is 11.0. The molecule has 2 heteroatoms. The first-order chi connectivity index (χ1) is 10.4. The van der Waals surface area contributed by atoms with Crippen molar-refractivity contribution in [3.05, 3.63) is 46.0 Å². The van der Waals surface area contributed by atoms with Gasteiger partial charge in [0, 0.05) is 17.9 Å². The molecule has 0 aromatic heterocycles. The molecule has 0 bridgehead atoms. The third kappa shape index (κ3) is 2.71. The molecule has 0 saturated heterocycles. The summed E-state index contributed by atoms with van der Waals surface area (Å²) in [7, 11) is 0. The second-order valence-corrected chi connectivity index (χ2v) is 7.41. The molecule has 0 fully saturated rings. The summed E-state index contributed by atoms with van der Waals surface area (Å²) in [5.41, 5.74) is 7.72. The van der Waals surface area contributed by atoms with Crippen LogP contribution in [0, 0.1) is 26.7 Å². The minimum atomic E-state index is -0.143. The molecular weight excluding hydrogens is 270 g/mol. The van der Waals surface area contributed by atoms with Gasteiger partial charge in [-0.2, -0.15) is 0 Å². The molecule has 1 aliphatic heterocycles. The van der Waals surface area contributed by atoms with Gasteiger partial charge in [-0.3, -0.25) is 0 Å². The van der Waals surface area contributed by atoms with Crippen LogP contribution in [0.15, 0.2) is 28.9 Å². The van der Waals surface area contributed by atoms with Gasteiger partial charge >= 0.3 is 0 Å². The topological polar surface area (TPSA) is 21.6 Å². The molecule has 2 aliphatic rings. The molecule has 118 valence electrons. The molecule has 1 heterocycles. The fourth-order valence-electron chi connectivity index (χ4n) is 4.06. The number of hydrogen-bond donors (Lipinski definition) is 0. The molecule has 1 aromatic carbocycles. The van der Waals surface area contributed by atoms with Crippen LogP contribution in [-0.4, -0.2) is 11.3 Å². The van der Waals surface area contributed by atoms with Gasteiger partial charge in [-0.1, -0.05) is 34.5 Å². The SMILES string of the molecule is CC1=CCC(C2(C)CC(c3c(C)cc(C)cc3C)=NO2)CC1. The fraction of sp³-hybridized carbons (Fsp3) is 0.550. The summed E-state index contributed by atoms with van der Waals surface area (Å²) in [6, 6.07) is 4.49. The Balaban J connectivity index is 1.83. The first kappa shape index (κ1) is 15.3.